The molecule has 2 aromatic carbocycles. The van der Waals surface area contributed by atoms with Gasteiger partial charge in [-0.2, -0.15) is 0 Å². The van der Waals surface area contributed by atoms with Gasteiger partial charge in [0.1, 0.15) is 0 Å². The minimum atomic E-state index is -0.136. The number of hydrogen-bond acceptors (Lipinski definition) is 3. The van der Waals surface area contributed by atoms with Crippen molar-refractivity contribution in [2.75, 3.05) is 12.8 Å². The van der Waals surface area contributed by atoms with Gasteiger partial charge in [0.05, 0.1) is 6.61 Å². The fourth-order valence-electron chi connectivity index (χ4n) is 1.97. The standard InChI is InChI=1S/C16H17BrN2O2/c1-21-10-13-5-3-2-4-12(13)9-19-16(20)11-6-7-15(18)14(17)8-11/h2-8H,9-10,18H2,1H3,(H,19,20). The first-order valence-electron chi connectivity index (χ1n) is 6.50. The molecular formula is C16H17BrN2O2. The summed E-state index contributed by atoms with van der Waals surface area (Å²) in [5.41, 5.74) is 9.00. The number of amides is 1. The van der Waals surface area contributed by atoms with Gasteiger partial charge in [-0.1, -0.05) is 24.3 Å². The van der Waals surface area contributed by atoms with Crippen LogP contribution in [0.25, 0.3) is 0 Å². The van der Waals surface area contributed by atoms with Crippen LogP contribution < -0.4 is 11.1 Å². The molecule has 0 atom stereocenters. The molecule has 0 aromatic heterocycles. The molecule has 4 nitrogen and oxygen atoms in total. The van der Waals surface area contributed by atoms with E-state index in [1.807, 2.05) is 24.3 Å². The summed E-state index contributed by atoms with van der Waals surface area (Å²) in [7, 11) is 1.65. The summed E-state index contributed by atoms with van der Waals surface area (Å²) in [6.45, 7) is 0.986. The van der Waals surface area contributed by atoms with Crippen molar-refractivity contribution in [3.05, 3.63) is 63.6 Å². The number of benzene rings is 2. The molecule has 0 bridgehead atoms. The number of nitrogen functional groups attached to an aromatic ring is 1. The monoisotopic (exact) mass is 348 g/mol. The SMILES string of the molecule is COCc1ccccc1CNC(=O)c1ccc(N)c(Br)c1. The molecule has 0 saturated heterocycles. The van der Waals surface area contributed by atoms with Gasteiger partial charge in [-0.05, 0) is 45.3 Å². The van der Waals surface area contributed by atoms with E-state index in [4.69, 9.17) is 10.5 Å². The number of carbonyl (C=O) groups excluding carboxylic acids is 1. The Kier molecular flexibility index (Phi) is 5.36. The number of carbonyl (C=O) groups is 1. The summed E-state index contributed by atoms with van der Waals surface area (Å²) in [6.07, 6.45) is 0. The molecule has 0 saturated carbocycles. The van der Waals surface area contributed by atoms with Crippen LogP contribution in [-0.2, 0) is 17.9 Å². The van der Waals surface area contributed by atoms with Crippen LogP contribution in [0.3, 0.4) is 0 Å². The van der Waals surface area contributed by atoms with E-state index in [-0.39, 0.29) is 5.91 Å². The summed E-state index contributed by atoms with van der Waals surface area (Å²) in [6, 6.07) is 13.0. The van der Waals surface area contributed by atoms with Gasteiger partial charge in [0, 0.05) is 29.4 Å². The molecule has 1 amide bonds. The molecule has 110 valence electrons. The quantitative estimate of drug-likeness (QED) is 0.816. The highest BCUT2D eigenvalue weighted by Crippen LogP contribution is 2.20. The molecule has 0 spiro atoms. The number of rotatable bonds is 5. The molecule has 0 heterocycles. The van der Waals surface area contributed by atoms with E-state index in [0.29, 0.717) is 24.4 Å². The van der Waals surface area contributed by atoms with Crippen LogP contribution in [0.2, 0.25) is 0 Å². The average Bonchev–Trinajstić information content (AvgIpc) is 2.49. The Hall–Kier alpha value is -1.85. The summed E-state index contributed by atoms with van der Waals surface area (Å²) in [5.74, 6) is -0.136. The first-order valence-corrected chi connectivity index (χ1v) is 7.30. The van der Waals surface area contributed by atoms with Crippen molar-refractivity contribution in [1.29, 1.82) is 0 Å². The molecule has 21 heavy (non-hydrogen) atoms. The zero-order valence-electron chi connectivity index (χ0n) is 11.7. The molecular weight excluding hydrogens is 332 g/mol. The number of methoxy groups -OCH3 is 1. The molecule has 0 aliphatic rings. The van der Waals surface area contributed by atoms with Crippen molar-refractivity contribution < 1.29 is 9.53 Å². The van der Waals surface area contributed by atoms with Crippen molar-refractivity contribution >= 4 is 27.5 Å². The fourth-order valence-corrected chi connectivity index (χ4v) is 2.35. The Labute approximate surface area is 132 Å². The first-order chi connectivity index (χ1) is 10.1. The second kappa shape index (κ2) is 7.24. The Balaban J connectivity index is 2.05. The number of hydrogen-bond donors (Lipinski definition) is 2. The molecule has 0 aliphatic carbocycles. The second-order valence-electron chi connectivity index (χ2n) is 4.62. The predicted molar refractivity (Wildman–Crippen MR) is 86.9 cm³/mol. The molecule has 0 fully saturated rings. The number of halogens is 1. The van der Waals surface area contributed by atoms with Crippen molar-refractivity contribution in [3.8, 4) is 0 Å². The lowest BCUT2D eigenvalue weighted by atomic mass is 10.1. The smallest absolute Gasteiger partial charge is 0.251 e. The van der Waals surface area contributed by atoms with Gasteiger partial charge in [-0.3, -0.25) is 4.79 Å². The average molecular weight is 349 g/mol. The van der Waals surface area contributed by atoms with Crippen LogP contribution in [-0.4, -0.2) is 13.0 Å². The van der Waals surface area contributed by atoms with Crippen molar-refractivity contribution in [2.45, 2.75) is 13.2 Å². The third-order valence-corrected chi connectivity index (χ3v) is 3.81. The van der Waals surface area contributed by atoms with E-state index < -0.39 is 0 Å². The minimum absolute atomic E-state index is 0.136. The highest BCUT2D eigenvalue weighted by atomic mass is 79.9. The predicted octanol–water partition coefficient (Wildman–Crippen LogP) is 3.11. The summed E-state index contributed by atoms with van der Waals surface area (Å²) in [5, 5.41) is 2.90. The van der Waals surface area contributed by atoms with E-state index in [9.17, 15) is 4.79 Å². The van der Waals surface area contributed by atoms with Gasteiger partial charge in [0.15, 0.2) is 0 Å². The lowest BCUT2D eigenvalue weighted by molar-refractivity contribution is 0.0950. The van der Waals surface area contributed by atoms with Crippen molar-refractivity contribution in [2.24, 2.45) is 0 Å². The Morgan fingerprint density at radius 3 is 2.62 bits per heavy atom. The second-order valence-corrected chi connectivity index (χ2v) is 5.48. The molecule has 0 unspecified atom stereocenters. The molecule has 0 aliphatic heterocycles. The van der Waals surface area contributed by atoms with E-state index in [1.165, 1.54) is 0 Å². The largest absolute Gasteiger partial charge is 0.398 e. The van der Waals surface area contributed by atoms with E-state index in [2.05, 4.69) is 21.2 Å². The Morgan fingerprint density at radius 2 is 1.95 bits per heavy atom. The van der Waals surface area contributed by atoms with Crippen LogP contribution in [0, 0.1) is 0 Å². The molecule has 2 rings (SSSR count). The third kappa shape index (κ3) is 4.06. The maximum Gasteiger partial charge on any atom is 0.251 e. The lowest BCUT2D eigenvalue weighted by Gasteiger charge is -2.10. The Bertz CT molecular complexity index is 644. The zero-order valence-corrected chi connectivity index (χ0v) is 13.3. The molecule has 5 heteroatoms. The summed E-state index contributed by atoms with van der Waals surface area (Å²) < 4.78 is 5.87. The van der Waals surface area contributed by atoms with Crippen LogP contribution >= 0.6 is 15.9 Å². The highest BCUT2D eigenvalue weighted by molar-refractivity contribution is 9.10. The van der Waals surface area contributed by atoms with Gasteiger partial charge >= 0.3 is 0 Å². The summed E-state index contributed by atoms with van der Waals surface area (Å²) in [4.78, 5) is 12.1. The molecule has 3 N–H and O–H groups in total. The van der Waals surface area contributed by atoms with E-state index in [1.54, 1.807) is 25.3 Å². The van der Waals surface area contributed by atoms with Gasteiger partial charge in [-0.15, -0.1) is 0 Å². The first kappa shape index (κ1) is 15.5. The number of ether oxygens (including phenoxy) is 1. The van der Waals surface area contributed by atoms with Gasteiger partial charge in [0.25, 0.3) is 5.91 Å². The Morgan fingerprint density at radius 1 is 1.24 bits per heavy atom. The highest BCUT2D eigenvalue weighted by Gasteiger charge is 2.08. The lowest BCUT2D eigenvalue weighted by Crippen LogP contribution is -2.23. The van der Waals surface area contributed by atoms with Crippen molar-refractivity contribution in [1.82, 2.24) is 5.32 Å². The van der Waals surface area contributed by atoms with Crippen LogP contribution in [0.15, 0.2) is 46.9 Å². The maximum absolute atomic E-state index is 12.1. The third-order valence-electron chi connectivity index (χ3n) is 3.12. The van der Waals surface area contributed by atoms with Gasteiger partial charge < -0.3 is 15.8 Å². The van der Waals surface area contributed by atoms with E-state index in [0.717, 1.165) is 15.6 Å². The van der Waals surface area contributed by atoms with Crippen molar-refractivity contribution in [3.63, 3.8) is 0 Å². The van der Waals surface area contributed by atoms with Gasteiger partial charge in [-0.25, -0.2) is 0 Å². The normalized spacial score (nSPS) is 10.4. The van der Waals surface area contributed by atoms with E-state index >= 15 is 0 Å². The summed E-state index contributed by atoms with van der Waals surface area (Å²) >= 11 is 3.32. The minimum Gasteiger partial charge on any atom is -0.398 e. The van der Waals surface area contributed by atoms with Gasteiger partial charge in [0.2, 0.25) is 0 Å². The van der Waals surface area contributed by atoms with Crippen LogP contribution in [0.1, 0.15) is 21.5 Å². The zero-order chi connectivity index (χ0) is 15.2. The van der Waals surface area contributed by atoms with Crippen LogP contribution in [0.4, 0.5) is 5.69 Å². The number of nitrogens with two attached hydrogens (primary N) is 1. The van der Waals surface area contributed by atoms with Crippen LogP contribution in [0.5, 0.6) is 0 Å². The molecule has 2 aromatic rings. The fraction of sp³-hybridized carbons (Fsp3) is 0.188. The maximum atomic E-state index is 12.1. The molecule has 0 radical (unpaired) electrons. The number of anilines is 1. The number of nitrogens with one attached hydrogen (secondary N) is 1. The topological polar surface area (TPSA) is 64.3 Å².